The summed E-state index contributed by atoms with van der Waals surface area (Å²) in [6.45, 7) is 0. The smallest absolute Gasteiger partial charge is 0.143 e. The Labute approximate surface area is 268 Å². The van der Waals surface area contributed by atoms with Gasteiger partial charge in [0.05, 0.1) is 6.85 Å². The van der Waals surface area contributed by atoms with Crippen molar-refractivity contribution in [3.63, 3.8) is 0 Å². The molecular formula is C44H28O. The Hall–Kier alpha value is -5.92. The molecule has 0 unspecified atom stereocenters. The first-order valence-corrected chi connectivity index (χ1v) is 15.0. The number of hydrogen-bond donors (Lipinski definition) is 0. The Bertz CT molecular complexity index is 2720. The number of rotatable bonds is 4. The third-order valence-corrected chi connectivity index (χ3v) is 8.69. The van der Waals surface area contributed by atoms with Crippen molar-refractivity contribution in [3.8, 4) is 44.5 Å². The lowest BCUT2D eigenvalue weighted by molar-refractivity contribution is 0.670. The van der Waals surface area contributed by atoms with E-state index in [2.05, 4.69) is 42.5 Å². The third-order valence-electron chi connectivity index (χ3n) is 8.69. The van der Waals surface area contributed by atoms with Crippen LogP contribution >= 0.6 is 0 Å². The molecule has 9 rings (SSSR count). The average Bonchev–Trinajstić information content (AvgIpc) is 3.55. The predicted molar refractivity (Wildman–Crippen MR) is 190 cm³/mol. The lowest BCUT2D eigenvalue weighted by Gasteiger charge is -2.19. The first kappa shape index (κ1) is 20.9. The Morgan fingerprint density at radius 1 is 0.378 bits per heavy atom. The van der Waals surface area contributed by atoms with Gasteiger partial charge in [0.15, 0.2) is 0 Å². The average molecular weight is 578 g/mol. The van der Waals surface area contributed by atoms with E-state index in [1.165, 1.54) is 0 Å². The maximum Gasteiger partial charge on any atom is 0.143 e. The van der Waals surface area contributed by atoms with Crippen molar-refractivity contribution in [1.82, 2.24) is 0 Å². The van der Waals surface area contributed by atoms with Crippen molar-refractivity contribution in [2.75, 3.05) is 0 Å². The van der Waals surface area contributed by atoms with Crippen molar-refractivity contribution < 1.29 is 11.3 Å². The van der Waals surface area contributed by atoms with E-state index >= 15 is 0 Å². The molecule has 0 bridgehead atoms. The Kier molecular flexibility index (Phi) is 4.81. The van der Waals surface area contributed by atoms with Crippen molar-refractivity contribution in [2.24, 2.45) is 0 Å². The van der Waals surface area contributed by atoms with Gasteiger partial charge >= 0.3 is 0 Å². The molecule has 1 heterocycles. The summed E-state index contributed by atoms with van der Waals surface area (Å²) in [7, 11) is 0. The lowest BCUT2D eigenvalue weighted by Crippen LogP contribution is -1.92. The second-order valence-corrected chi connectivity index (χ2v) is 11.2. The van der Waals surface area contributed by atoms with Crippen LogP contribution in [0.3, 0.4) is 0 Å². The minimum absolute atomic E-state index is 0.102. The summed E-state index contributed by atoms with van der Waals surface area (Å²) in [6, 6.07) is 45.2. The van der Waals surface area contributed by atoms with E-state index in [0.717, 1.165) is 65.7 Å². The van der Waals surface area contributed by atoms with Crippen molar-refractivity contribution in [1.29, 1.82) is 0 Å². The van der Waals surface area contributed by atoms with E-state index in [1.807, 2.05) is 72.8 Å². The highest BCUT2D eigenvalue weighted by atomic mass is 16.3. The van der Waals surface area contributed by atoms with Crippen LogP contribution in [0.4, 0.5) is 0 Å². The molecule has 0 radical (unpaired) electrons. The highest BCUT2D eigenvalue weighted by Crippen LogP contribution is 2.48. The standard InChI is InChI=1S/C44H28O/c1-3-13-29(14-4-1)30-23-25-32(26-24-30)41-34-17-7-9-19-36(34)42(37-20-10-8-18-35(37)41)39-28-27-33(31-15-5-2-6-16-31)44-43(39)38-21-11-12-22-40(38)45-44/h1-28H/i1D,23D,24D,25D,26D. The van der Waals surface area contributed by atoms with E-state index in [1.54, 1.807) is 24.3 Å². The SMILES string of the molecule is [2H]c1ccc(-c2c([2H])c([2H])c(-c3c4ccccc4c(-c4ccc(-c5ccccc5)c5oc6ccccc6c45)c4ccccc34)c([2H])c2[2H])cc1. The molecule has 0 atom stereocenters. The van der Waals surface area contributed by atoms with Crippen molar-refractivity contribution in [3.05, 3.63) is 170 Å². The maximum atomic E-state index is 9.31. The summed E-state index contributed by atoms with van der Waals surface area (Å²) in [6.07, 6.45) is 0. The van der Waals surface area contributed by atoms with Gasteiger partial charge in [0.25, 0.3) is 0 Å². The summed E-state index contributed by atoms with van der Waals surface area (Å²) in [5.41, 5.74) is 7.40. The second kappa shape index (κ2) is 10.4. The summed E-state index contributed by atoms with van der Waals surface area (Å²) in [4.78, 5) is 0. The minimum atomic E-state index is -0.112. The zero-order valence-electron chi connectivity index (χ0n) is 29.2. The highest BCUT2D eigenvalue weighted by molar-refractivity contribution is 6.26. The zero-order chi connectivity index (χ0) is 34.1. The molecule has 9 aromatic rings. The number of fused-ring (bicyclic) bond motifs is 5. The van der Waals surface area contributed by atoms with Crippen LogP contribution < -0.4 is 0 Å². The van der Waals surface area contributed by atoms with Gasteiger partial charge in [-0.3, -0.25) is 0 Å². The lowest BCUT2D eigenvalue weighted by atomic mass is 9.84. The molecule has 0 aliphatic heterocycles. The Morgan fingerprint density at radius 2 is 0.889 bits per heavy atom. The van der Waals surface area contributed by atoms with Gasteiger partial charge in [-0.15, -0.1) is 0 Å². The molecule has 210 valence electrons. The number of benzene rings is 8. The van der Waals surface area contributed by atoms with E-state index in [4.69, 9.17) is 8.53 Å². The van der Waals surface area contributed by atoms with E-state index in [0.29, 0.717) is 17.2 Å². The van der Waals surface area contributed by atoms with Crippen molar-refractivity contribution in [2.45, 2.75) is 0 Å². The highest BCUT2D eigenvalue weighted by Gasteiger charge is 2.22. The van der Waals surface area contributed by atoms with Gasteiger partial charge in [-0.2, -0.15) is 0 Å². The van der Waals surface area contributed by atoms with E-state index < -0.39 is 0 Å². The third kappa shape index (κ3) is 4.09. The molecule has 0 fully saturated rings. The van der Waals surface area contributed by atoms with E-state index in [9.17, 15) is 2.74 Å². The van der Waals surface area contributed by atoms with Crippen LogP contribution in [0.5, 0.6) is 0 Å². The van der Waals surface area contributed by atoms with Gasteiger partial charge in [0.2, 0.25) is 0 Å². The zero-order valence-corrected chi connectivity index (χ0v) is 24.2. The molecule has 45 heavy (non-hydrogen) atoms. The molecule has 8 aromatic carbocycles. The predicted octanol–water partition coefficient (Wildman–Crippen LogP) is 12.6. The minimum Gasteiger partial charge on any atom is -0.455 e. The molecule has 1 aromatic heterocycles. The second-order valence-electron chi connectivity index (χ2n) is 11.2. The van der Waals surface area contributed by atoms with Gasteiger partial charge in [-0.1, -0.05) is 158 Å². The largest absolute Gasteiger partial charge is 0.455 e. The molecule has 0 saturated heterocycles. The number of furan rings is 1. The number of hydrogen-bond acceptors (Lipinski definition) is 1. The summed E-state index contributed by atoms with van der Waals surface area (Å²) in [5, 5.41) is 5.57. The monoisotopic (exact) mass is 577 g/mol. The van der Waals surface area contributed by atoms with Crippen LogP contribution in [0.15, 0.2) is 174 Å². The number of para-hydroxylation sites is 1. The quantitative estimate of drug-likeness (QED) is 0.190. The summed E-state index contributed by atoms with van der Waals surface area (Å²) < 4.78 is 51.3. The summed E-state index contributed by atoms with van der Waals surface area (Å²) >= 11 is 0. The molecule has 0 aliphatic rings. The van der Waals surface area contributed by atoms with Crippen LogP contribution in [-0.2, 0) is 0 Å². The molecule has 1 nitrogen and oxygen atoms in total. The molecule has 0 aliphatic carbocycles. The van der Waals surface area contributed by atoms with Gasteiger partial charge < -0.3 is 4.42 Å². The van der Waals surface area contributed by atoms with Crippen LogP contribution in [-0.4, -0.2) is 0 Å². The van der Waals surface area contributed by atoms with Crippen LogP contribution in [0.2, 0.25) is 0 Å². The fraction of sp³-hybridized carbons (Fsp3) is 0. The van der Waals surface area contributed by atoms with E-state index in [-0.39, 0.29) is 35.3 Å². The fourth-order valence-corrected chi connectivity index (χ4v) is 6.70. The summed E-state index contributed by atoms with van der Waals surface area (Å²) in [5.74, 6) is 0. The van der Waals surface area contributed by atoms with Gasteiger partial charge in [0, 0.05) is 16.3 Å². The molecule has 0 spiro atoms. The van der Waals surface area contributed by atoms with Crippen molar-refractivity contribution >= 4 is 43.5 Å². The fourth-order valence-electron chi connectivity index (χ4n) is 6.70. The van der Waals surface area contributed by atoms with Crippen LogP contribution in [0.1, 0.15) is 6.85 Å². The molecular weight excluding hydrogens is 544 g/mol. The van der Waals surface area contributed by atoms with Crippen LogP contribution in [0, 0.1) is 0 Å². The molecule has 1 heteroatoms. The normalized spacial score (nSPS) is 13.1. The van der Waals surface area contributed by atoms with Gasteiger partial charge in [0.1, 0.15) is 11.2 Å². The Balaban J connectivity index is 1.40. The first-order valence-electron chi connectivity index (χ1n) is 17.5. The topological polar surface area (TPSA) is 13.1 Å². The molecule has 0 amide bonds. The van der Waals surface area contributed by atoms with Gasteiger partial charge in [-0.25, -0.2) is 0 Å². The Morgan fingerprint density at radius 3 is 1.56 bits per heavy atom. The van der Waals surface area contributed by atoms with Gasteiger partial charge in [-0.05, 0) is 72.6 Å². The van der Waals surface area contributed by atoms with Crippen LogP contribution in [0.25, 0.3) is 88.0 Å². The first-order chi connectivity index (χ1) is 24.4. The maximum absolute atomic E-state index is 9.31. The molecule has 0 N–H and O–H groups in total. The molecule has 0 saturated carbocycles.